The van der Waals surface area contributed by atoms with Crippen LogP contribution >= 0.6 is 21.6 Å². The van der Waals surface area contributed by atoms with Gasteiger partial charge in [0.1, 0.15) is 51.6 Å². The van der Waals surface area contributed by atoms with Gasteiger partial charge in [-0.25, -0.2) is 14.8 Å². The number of phenols is 1. The molecule has 6 N–H and O–H groups in total. The zero-order valence-corrected chi connectivity index (χ0v) is 33.8. The van der Waals surface area contributed by atoms with Gasteiger partial charge in [0.25, 0.3) is 0 Å². The highest BCUT2D eigenvalue weighted by Gasteiger charge is 2.63. The van der Waals surface area contributed by atoms with E-state index in [1.807, 2.05) is 37.4 Å². The number of hydrogen-bond acceptors (Lipinski definition) is 16. The van der Waals surface area contributed by atoms with E-state index in [-0.39, 0.29) is 41.6 Å². The number of phenolic OH excluding ortho intramolecular Hbond substituents is 1. The number of carbonyl (C=O) groups is 1. The third kappa shape index (κ3) is 7.09. The lowest BCUT2D eigenvalue weighted by atomic mass is 9.86. The maximum absolute atomic E-state index is 14.3. The topological polar surface area (TPSA) is 212 Å². The highest BCUT2D eigenvalue weighted by Crippen LogP contribution is 2.49. The first-order valence-corrected chi connectivity index (χ1v) is 21.9. The highest BCUT2D eigenvalue weighted by atomic mass is 33.1. The summed E-state index contributed by atoms with van der Waals surface area (Å²) in [6.45, 7) is 4.67. The molecule has 302 valence electrons. The summed E-state index contributed by atoms with van der Waals surface area (Å²) >= 11 is 0. The van der Waals surface area contributed by atoms with E-state index in [0.717, 1.165) is 33.7 Å². The van der Waals surface area contributed by atoms with Gasteiger partial charge in [-0.05, 0) is 69.4 Å². The molecule has 1 aromatic carbocycles. The van der Waals surface area contributed by atoms with Crippen molar-refractivity contribution in [3.05, 3.63) is 92.7 Å². The number of carbonyl (C=O) groups excluding carboxylic acids is 1. The number of nitrogen functional groups attached to an aromatic ring is 2. The van der Waals surface area contributed by atoms with Crippen molar-refractivity contribution < 1.29 is 33.6 Å². The van der Waals surface area contributed by atoms with Gasteiger partial charge in [0, 0.05) is 77.8 Å². The summed E-state index contributed by atoms with van der Waals surface area (Å²) in [6, 6.07) is 8.85. The monoisotopic (exact) mass is 824 g/mol. The molecule has 4 aromatic rings. The Morgan fingerprint density at radius 1 is 1.07 bits per heavy atom. The van der Waals surface area contributed by atoms with Crippen LogP contribution in [0.25, 0.3) is 22.2 Å². The number of rotatable bonds is 5. The molecule has 0 saturated carbocycles. The van der Waals surface area contributed by atoms with Crippen LogP contribution in [0.15, 0.2) is 68.6 Å². The zero-order chi connectivity index (χ0) is 40.3. The van der Waals surface area contributed by atoms with Crippen LogP contribution in [0.5, 0.6) is 11.5 Å². The first-order chi connectivity index (χ1) is 27.9. The normalized spacial score (nSPS) is 25.2. The van der Waals surface area contributed by atoms with Gasteiger partial charge in [-0.3, -0.25) is 9.79 Å². The van der Waals surface area contributed by atoms with Crippen LogP contribution in [0.4, 0.5) is 11.6 Å². The summed E-state index contributed by atoms with van der Waals surface area (Å²) in [4.78, 5) is 43.5. The van der Waals surface area contributed by atoms with Gasteiger partial charge >= 0.3 is 5.97 Å². The number of benzene rings is 1. The quantitative estimate of drug-likeness (QED) is 0.111. The molecular weight excluding hydrogens is 781 g/mol. The maximum Gasteiger partial charge on any atom is 0.341 e. The number of nitrogens with zero attached hydrogens (tertiary/aromatic N) is 4. The van der Waals surface area contributed by atoms with Gasteiger partial charge in [-0.2, -0.15) is 0 Å². The van der Waals surface area contributed by atoms with Crippen LogP contribution in [-0.2, 0) is 39.4 Å². The van der Waals surface area contributed by atoms with Crippen molar-refractivity contribution in [2.24, 2.45) is 4.99 Å². The number of ether oxygens (including phenoxy) is 3. The van der Waals surface area contributed by atoms with Crippen molar-refractivity contribution in [1.29, 1.82) is 0 Å². The first-order valence-electron chi connectivity index (χ1n) is 19.4. The number of hydrogen-bond donors (Lipinski definition) is 4. The van der Waals surface area contributed by atoms with E-state index < -0.39 is 29.4 Å². The molecule has 4 atom stereocenters. The zero-order valence-electron chi connectivity index (χ0n) is 32.2. The fourth-order valence-electron chi connectivity index (χ4n) is 8.48. The van der Waals surface area contributed by atoms with Crippen molar-refractivity contribution in [3.63, 3.8) is 0 Å². The van der Waals surface area contributed by atoms with Gasteiger partial charge in [0.2, 0.25) is 0 Å². The molecule has 0 radical (unpaired) electrons. The Morgan fingerprint density at radius 3 is 2.76 bits per heavy atom. The predicted molar refractivity (Wildman–Crippen MR) is 223 cm³/mol. The average molecular weight is 825 g/mol. The molecule has 4 unspecified atom stereocenters. The number of fused-ring (bicyclic) bond motifs is 9. The lowest BCUT2D eigenvalue weighted by molar-refractivity contribution is -0.169. The second kappa shape index (κ2) is 15.0. The summed E-state index contributed by atoms with van der Waals surface area (Å²) in [7, 11) is 3.24. The largest absolute Gasteiger partial charge is 0.507 e. The van der Waals surface area contributed by atoms with Gasteiger partial charge < -0.3 is 45.2 Å². The standard InChI is InChI=1S/C42H44N6O8S2/c1-22-12-31(50)37-33(53-22)17-32-27(38(37)51)16-35-41(2,55-32)8-11-57-58-21-28-26(15-25(46-39(28)44)19-48-18-24-6-9-45-30(24)20-48)29-13-23(14-36(43)47-29)4-5-34-42(56-34,7-3-10-49)40(52)54-35/h6,9,12-15,17-18,34-35,49,51H,3-5,7-8,10-11,16,19-21H2,1-2H3,(H2,43,47)(H2,44,46). The Hall–Kier alpha value is -5.03. The van der Waals surface area contributed by atoms with Crippen LogP contribution < -0.4 is 21.6 Å². The van der Waals surface area contributed by atoms with E-state index in [1.54, 1.807) is 34.6 Å². The number of aliphatic hydroxyl groups excluding tert-OH is 1. The van der Waals surface area contributed by atoms with Gasteiger partial charge in [-0.1, -0.05) is 21.6 Å². The number of aliphatic hydroxyl groups is 1. The Bertz CT molecular complexity index is 2510. The maximum atomic E-state index is 14.3. The van der Waals surface area contributed by atoms with E-state index >= 15 is 0 Å². The summed E-state index contributed by atoms with van der Waals surface area (Å²) in [5, 5.41) is 21.3. The average Bonchev–Trinajstić information content (AvgIpc) is 3.49. The smallest absolute Gasteiger partial charge is 0.341 e. The van der Waals surface area contributed by atoms with Crippen molar-refractivity contribution in [2.75, 3.05) is 30.4 Å². The van der Waals surface area contributed by atoms with Gasteiger partial charge in [0.05, 0.1) is 36.3 Å². The van der Waals surface area contributed by atoms with Crippen molar-refractivity contribution in [3.8, 4) is 22.8 Å². The van der Waals surface area contributed by atoms with Crippen molar-refractivity contribution in [1.82, 2.24) is 14.9 Å². The minimum atomic E-state index is -1.27. The van der Waals surface area contributed by atoms with Crippen LogP contribution in [0, 0.1) is 6.92 Å². The number of aromatic nitrogens is 2. The number of epoxide rings is 1. The molecule has 9 rings (SSSR count). The fourth-order valence-corrected chi connectivity index (χ4v) is 10.8. The molecule has 16 heteroatoms. The number of pyridine rings is 2. The minimum Gasteiger partial charge on any atom is -0.507 e. The molecule has 1 fully saturated rings. The Balaban J connectivity index is 1.06. The van der Waals surface area contributed by atoms with E-state index in [4.69, 9.17) is 40.1 Å². The SMILES string of the molecule is Cc1cc(=O)c2c(O)c3c(cc2o1)OC1(C)CCSSCc2c(cc(CN4C=C5C=CN=C5C4)nc2N)-c2cc(cc(N)n2)CCC2OC2(CCCO)C(=O)OC1C3. The third-order valence-corrected chi connectivity index (χ3v) is 13.9. The number of allylic oxidation sites excluding steroid dienone is 1. The summed E-state index contributed by atoms with van der Waals surface area (Å²) in [5.41, 5.74) is 17.3. The molecule has 0 amide bonds. The van der Waals surface area contributed by atoms with E-state index in [0.29, 0.717) is 84.7 Å². The Labute approximate surface area is 342 Å². The molecule has 0 spiro atoms. The minimum absolute atomic E-state index is 0.0455. The number of aryl methyl sites for hydroxylation is 2. The Morgan fingerprint density at radius 2 is 1.93 bits per heavy atom. The van der Waals surface area contributed by atoms with Crippen molar-refractivity contribution in [2.45, 2.75) is 88.1 Å². The molecule has 5 aliphatic heterocycles. The molecule has 58 heavy (non-hydrogen) atoms. The number of anilines is 2. The van der Waals surface area contributed by atoms with E-state index in [1.165, 1.54) is 6.07 Å². The highest BCUT2D eigenvalue weighted by molar-refractivity contribution is 8.76. The lowest BCUT2D eigenvalue weighted by Crippen LogP contribution is -2.53. The number of aliphatic imine (C=N–C) groups is 1. The molecule has 2 bridgehead atoms. The van der Waals surface area contributed by atoms with Crippen LogP contribution in [0.3, 0.4) is 0 Å². The molecule has 1 saturated heterocycles. The third-order valence-electron chi connectivity index (χ3n) is 11.6. The molecule has 3 aromatic heterocycles. The van der Waals surface area contributed by atoms with Crippen LogP contribution in [0.1, 0.15) is 60.8 Å². The second-order valence-corrected chi connectivity index (χ2v) is 18.3. The number of aromatic hydroxyl groups is 1. The van der Waals surface area contributed by atoms with E-state index in [2.05, 4.69) is 16.1 Å². The predicted octanol–water partition coefficient (Wildman–Crippen LogP) is 5.53. The molecular formula is C42H44N6O8S2. The second-order valence-electron chi connectivity index (χ2n) is 15.7. The van der Waals surface area contributed by atoms with Crippen LogP contribution in [-0.4, -0.2) is 79.1 Å². The van der Waals surface area contributed by atoms with E-state index in [9.17, 15) is 19.8 Å². The number of nitrogens with two attached hydrogens (primary N) is 2. The summed E-state index contributed by atoms with van der Waals surface area (Å²) < 4.78 is 25.1. The molecule has 0 aliphatic carbocycles. The van der Waals surface area contributed by atoms with Crippen LogP contribution in [0.2, 0.25) is 0 Å². The first kappa shape index (κ1) is 38.5. The lowest BCUT2D eigenvalue weighted by Gasteiger charge is -2.42. The summed E-state index contributed by atoms with van der Waals surface area (Å²) in [5.74, 6) is 1.86. The Kier molecular flexibility index (Phi) is 9.93. The molecule has 14 nitrogen and oxygen atoms in total. The summed E-state index contributed by atoms with van der Waals surface area (Å²) in [6.07, 6.45) is 6.76. The van der Waals surface area contributed by atoms with Gasteiger partial charge in [-0.15, -0.1) is 0 Å². The number of esters is 1. The fraction of sp³-hybridized carbons (Fsp3) is 0.405. The van der Waals surface area contributed by atoms with Gasteiger partial charge in [0.15, 0.2) is 11.0 Å². The molecule has 5 aliphatic rings. The molecule has 8 heterocycles. The van der Waals surface area contributed by atoms with Crippen molar-refractivity contribution >= 4 is 55.9 Å².